The summed E-state index contributed by atoms with van der Waals surface area (Å²) < 4.78 is 5.87. The molecule has 1 saturated carbocycles. The molecule has 2 aliphatic rings. The van der Waals surface area contributed by atoms with Crippen LogP contribution in [0, 0.1) is 11.3 Å². The number of hydrogen-bond acceptors (Lipinski definition) is 2. The fourth-order valence-electron chi connectivity index (χ4n) is 4.08. The standard InChI is InChI=1S/C18H21NO/c1-18(2)16(15-9-10-20-17(15)18)19-14-8-7-12-5-3-4-6-13(12)11-14/h3-8,11,15-17,19H,9-10H2,1-2H3. The third kappa shape index (κ3) is 1.68. The third-order valence-electron chi connectivity index (χ3n) is 5.17. The van der Waals surface area contributed by atoms with E-state index in [0.29, 0.717) is 18.1 Å². The molecule has 104 valence electrons. The molecule has 2 aromatic rings. The SMILES string of the molecule is CC1(C)C(Nc2ccc3ccccc3c2)C2CCOC21. The van der Waals surface area contributed by atoms with E-state index in [4.69, 9.17) is 4.74 Å². The Kier molecular flexibility index (Phi) is 2.58. The van der Waals surface area contributed by atoms with Gasteiger partial charge < -0.3 is 10.1 Å². The van der Waals surface area contributed by atoms with E-state index in [1.54, 1.807) is 0 Å². The second-order valence-corrected chi connectivity index (χ2v) is 6.75. The van der Waals surface area contributed by atoms with Crippen LogP contribution in [0.3, 0.4) is 0 Å². The molecule has 2 heteroatoms. The molecule has 0 aromatic heterocycles. The lowest BCUT2D eigenvalue weighted by atomic mass is 9.57. The van der Waals surface area contributed by atoms with Crippen molar-refractivity contribution in [3.8, 4) is 0 Å². The van der Waals surface area contributed by atoms with Crippen LogP contribution in [0.5, 0.6) is 0 Å². The molecule has 1 saturated heterocycles. The van der Waals surface area contributed by atoms with Crippen LogP contribution in [0.4, 0.5) is 5.69 Å². The monoisotopic (exact) mass is 267 g/mol. The number of hydrogen-bond donors (Lipinski definition) is 1. The number of anilines is 1. The summed E-state index contributed by atoms with van der Waals surface area (Å²) >= 11 is 0. The Morgan fingerprint density at radius 1 is 1.10 bits per heavy atom. The quantitative estimate of drug-likeness (QED) is 0.885. The number of benzene rings is 2. The highest BCUT2D eigenvalue weighted by Gasteiger charge is 2.59. The molecule has 2 nitrogen and oxygen atoms in total. The molecule has 1 aliphatic carbocycles. The molecule has 1 heterocycles. The molecule has 1 N–H and O–H groups in total. The van der Waals surface area contributed by atoms with Gasteiger partial charge in [-0.3, -0.25) is 0 Å². The Labute approximate surface area is 120 Å². The van der Waals surface area contributed by atoms with Crippen molar-refractivity contribution in [2.75, 3.05) is 11.9 Å². The van der Waals surface area contributed by atoms with Gasteiger partial charge in [-0.1, -0.05) is 44.2 Å². The summed E-state index contributed by atoms with van der Waals surface area (Å²) in [6.45, 7) is 5.56. The van der Waals surface area contributed by atoms with E-state index in [0.717, 1.165) is 6.61 Å². The van der Waals surface area contributed by atoms with Crippen molar-refractivity contribution in [1.29, 1.82) is 0 Å². The van der Waals surface area contributed by atoms with Gasteiger partial charge in [-0.15, -0.1) is 0 Å². The van der Waals surface area contributed by atoms with E-state index in [1.807, 2.05) is 0 Å². The highest BCUT2D eigenvalue weighted by molar-refractivity contribution is 5.85. The van der Waals surface area contributed by atoms with Gasteiger partial charge in [-0.25, -0.2) is 0 Å². The summed E-state index contributed by atoms with van der Waals surface area (Å²) in [5.74, 6) is 0.677. The van der Waals surface area contributed by atoms with Crippen LogP contribution < -0.4 is 5.32 Å². The Morgan fingerprint density at radius 3 is 2.75 bits per heavy atom. The second-order valence-electron chi connectivity index (χ2n) is 6.75. The molecule has 0 bridgehead atoms. The number of fused-ring (bicyclic) bond motifs is 2. The van der Waals surface area contributed by atoms with Crippen LogP contribution in [-0.2, 0) is 4.74 Å². The largest absolute Gasteiger partial charge is 0.381 e. The van der Waals surface area contributed by atoms with Gasteiger partial charge in [0.1, 0.15) is 0 Å². The second kappa shape index (κ2) is 4.23. The zero-order valence-corrected chi connectivity index (χ0v) is 12.1. The minimum absolute atomic E-state index is 0.229. The molecule has 0 spiro atoms. The van der Waals surface area contributed by atoms with Gasteiger partial charge in [0.2, 0.25) is 0 Å². The molecule has 2 aromatic carbocycles. The van der Waals surface area contributed by atoms with Crippen LogP contribution in [0.25, 0.3) is 10.8 Å². The minimum atomic E-state index is 0.229. The predicted molar refractivity (Wildman–Crippen MR) is 83.0 cm³/mol. The van der Waals surface area contributed by atoms with Gasteiger partial charge in [0.25, 0.3) is 0 Å². The number of ether oxygens (including phenoxy) is 1. The van der Waals surface area contributed by atoms with Crippen LogP contribution >= 0.6 is 0 Å². The lowest BCUT2D eigenvalue weighted by Gasteiger charge is -2.55. The normalized spacial score (nSPS) is 30.8. The molecule has 20 heavy (non-hydrogen) atoms. The van der Waals surface area contributed by atoms with Crippen molar-refractivity contribution in [3.63, 3.8) is 0 Å². The van der Waals surface area contributed by atoms with E-state index in [9.17, 15) is 0 Å². The van der Waals surface area contributed by atoms with Gasteiger partial charge in [-0.05, 0) is 29.3 Å². The first-order valence-electron chi connectivity index (χ1n) is 7.53. The van der Waals surface area contributed by atoms with E-state index in [-0.39, 0.29) is 5.41 Å². The number of nitrogens with one attached hydrogen (secondary N) is 1. The maximum atomic E-state index is 5.87. The van der Waals surface area contributed by atoms with E-state index in [2.05, 4.69) is 61.6 Å². The summed E-state index contributed by atoms with van der Waals surface area (Å²) in [6.07, 6.45) is 1.64. The van der Waals surface area contributed by atoms with Crippen molar-refractivity contribution in [1.82, 2.24) is 0 Å². The van der Waals surface area contributed by atoms with Crippen LogP contribution in [0.15, 0.2) is 42.5 Å². The Hall–Kier alpha value is -1.54. The molecule has 1 aliphatic heterocycles. The van der Waals surface area contributed by atoms with Crippen molar-refractivity contribution in [2.24, 2.45) is 11.3 Å². The zero-order chi connectivity index (χ0) is 13.7. The average Bonchev–Trinajstić information content (AvgIpc) is 2.91. The van der Waals surface area contributed by atoms with Crippen molar-refractivity contribution < 1.29 is 4.74 Å². The molecule has 2 fully saturated rings. The van der Waals surface area contributed by atoms with Gasteiger partial charge in [0.05, 0.1) is 6.10 Å². The summed E-state index contributed by atoms with van der Waals surface area (Å²) in [6, 6.07) is 15.7. The first-order valence-corrected chi connectivity index (χ1v) is 7.53. The molecule has 3 atom stereocenters. The highest BCUT2D eigenvalue weighted by atomic mass is 16.5. The van der Waals surface area contributed by atoms with Crippen LogP contribution in [0.2, 0.25) is 0 Å². The third-order valence-corrected chi connectivity index (χ3v) is 5.17. The smallest absolute Gasteiger partial charge is 0.0694 e. The Bertz CT molecular complexity index is 649. The first-order chi connectivity index (χ1) is 9.66. The number of rotatable bonds is 2. The van der Waals surface area contributed by atoms with Crippen molar-refractivity contribution in [3.05, 3.63) is 42.5 Å². The molecular formula is C18H21NO. The van der Waals surface area contributed by atoms with Gasteiger partial charge in [-0.2, -0.15) is 0 Å². The maximum absolute atomic E-state index is 5.87. The summed E-state index contributed by atoms with van der Waals surface area (Å²) in [5.41, 5.74) is 1.46. The highest BCUT2D eigenvalue weighted by Crippen LogP contribution is 2.53. The zero-order valence-electron chi connectivity index (χ0n) is 12.1. The molecule has 0 radical (unpaired) electrons. The van der Waals surface area contributed by atoms with E-state index >= 15 is 0 Å². The Balaban J connectivity index is 1.61. The summed E-state index contributed by atoms with van der Waals surface area (Å²) in [4.78, 5) is 0. The van der Waals surface area contributed by atoms with Crippen molar-refractivity contribution in [2.45, 2.75) is 32.4 Å². The van der Waals surface area contributed by atoms with Gasteiger partial charge in [0, 0.05) is 29.7 Å². The summed E-state index contributed by atoms with van der Waals surface area (Å²) in [7, 11) is 0. The van der Waals surface area contributed by atoms with Crippen LogP contribution in [0.1, 0.15) is 20.3 Å². The Morgan fingerprint density at radius 2 is 1.90 bits per heavy atom. The van der Waals surface area contributed by atoms with E-state index in [1.165, 1.54) is 22.9 Å². The topological polar surface area (TPSA) is 21.3 Å². The van der Waals surface area contributed by atoms with Crippen molar-refractivity contribution >= 4 is 16.5 Å². The minimum Gasteiger partial charge on any atom is -0.381 e. The van der Waals surface area contributed by atoms with E-state index < -0.39 is 0 Å². The molecular weight excluding hydrogens is 246 g/mol. The van der Waals surface area contributed by atoms with Gasteiger partial charge in [0.15, 0.2) is 0 Å². The van der Waals surface area contributed by atoms with Crippen LogP contribution in [-0.4, -0.2) is 18.8 Å². The molecule has 0 amide bonds. The lowest BCUT2D eigenvalue weighted by molar-refractivity contribution is -0.0923. The predicted octanol–water partition coefficient (Wildman–Crippen LogP) is 4.07. The fraction of sp³-hybridized carbons (Fsp3) is 0.444. The lowest BCUT2D eigenvalue weighted by Crippen LogP contribution is -2.63. The summed E-state index contributed by atoms with van der Waals surface area (Å²) in [5, 5.41) is 6.35. The average molecular weight is 267 g/mol. The first kappa shape index (κ1) is 12.2. The molecule has 4 rings (SSSR count). The maximum Gasteiger partial charge on any atom is 0.0694 e. The van der Waals surface area contributed by atoms with Gasteiger partial charge >= 0.3 is 0 Å². The fourth-order valence-corrected chi connectivity index (χ4v) is 4.08. The molecule has 3 unspecified atom stereocenters.